The second-order valence-corrected chi connectivity index (χ2v) is 18.7. The summed E-state index contributed by atoms with van der Waals surface area (Å²) in [5.74, 6) is -2.05. The Bertz CT molecular complexity index is 2040. The summed E-state index contributed by atoms with van der Waals surface area (Å²) in [7, 11) is -22.7. The lowest BCUT2D eigenvalue weighted by Crippen LogP contribution is -2.33. The topological polar surface area (TPSA) is 425 Å². The fraction of sp³-hybridized carbons (Fsp3) is 0.524. The fourth-order valence-electron chi connectivity index (χ4n) is 5.29. The number of aromatic nitrogens is 8. The molecule has 0 bridgehead atoms. The Morgan fingerprint density at radius 2 is 1.00 bits per heavy atom. The molecule has 32 heteroatoms. The van der Waals surface area contributed by atoms with E-state index >= 15 is 0 Å². The highest BCUT2D eigenvalue weighted by atomic mass is 31.3. The van der Waals surface area contributed by atoms with Crippen molar-refractivity contribution in [1.29, 1.82) is 0 Å². The Morgan fingerprint density at radius 1 is 0.623 bits per heavy atom. The number of hydrogen-bond acceptors (Lipinski definition) is 22. The molecule has 6 heterocycles. The van der Waals surface area contributed by atoms with Gasteiger partial charge in [0.25, 0.3) is 0 Å². The number of fused-ring (bicyclic) bond motifs is 2. The monoisotopic (exact) mass is 834 g/mol. The molecule has 0 saturated carbocycles. The Hall–Kier alpha value is -2.94. The predicted molar refractivity (Wildman–Crippen MR) is 170 cm³/mol. The van der Waals surface area contributed by atoms with Crippen molar-refractivity contribution in [2.75, 3.05) is 30.6 Å². The molecule has 12 N–H and O–H groups in total. The number of aliphatic hydroxyl groups is 4. The van der Waals surface area contributed by atoms with Crippen LogP contribution >= 0.6 is 30.8 Å². The van der Waals surface area contributed by atoms with Gasteiger partial charge in [-0.3, -0.25) is 27.3 Å². The first-order valence-electron chi connectivity index (χ1n) is 14.6. The van der Waals surface area contributed by atoms with Gasteiger partial charge in [0.15, 0.2) is 41.3 Å². The van der Waals surface area contributed by atoms with Gasteiger partial charge >= 0.3 is 30.8 Å². The van der Waals surface area contributed by atoms with Gasteiger partial charge in [-0.15, -0.1) is 0 Å². The smallest absolute Gasteiger partial charge is 0.387 e. The zero-order valence-electron chi connectivity index (χ0n) is 26.2. The van der Waals surface area contributed by atoms with E-state index in [9.17, 15) is 58.3 Å². The number of aliphatic hydroxyl groups excluding tert-OH is 4. The second-order valence-electron chi connectivity index (χ2n) is 11.4. The van der Waals surface area contributed by atoms with Crippen LogP contribution in [0, 0.1) is 0 Å². The molecule has 0 radical (unpaired) electrons. The van der Waals surface area contributed by atoms with Gasteiger partial charge in [-0.1, -0.05) is 0 Å². The molecule has 4 aromatic heterocycles. The lowest BCUT2D eigenvalue weighted by atomic mass is 10.1. The zero-order chi connectivity index (χ0) is 38.7. The molecule has 4 unspecified atom stereocenters. The lowest BCUT2D eigenvalue weighted by Gasteiger charge is -2.22. The number of phosphoric ester groups is 2. The van der Waals surface area contributed by atoms with Crippen molar-refractivity contribution in [2.24, 2.45) is 0 Å². The summed E-state index contributed by atoms with van der Waals surface area (Å²) in [6.07, 6.45) is -8.28. The van der Waals surface area contributed by atoms with Crippen LogP contribution in [0.1, 0.15) is 12.5 Å². The van der Waals surface area contributed by atoms with E-state index in [2.05, 4.69) is 47.6 Å². The molecule has 53 heavy (non-hydrogen) atoms. The summed E-state index contributed by atoms with van der Waals surface area (Å²) < 4.78 is 81.0. The van der Waals surface area contributed by atoms with Gasteiger partial charge in [-0.2, -0.15) is 0 Å². The maximum atomic E-state index is 12.6. The largest absolute Gasteiger partial charge is 0.479 e. The maximum absolute atomic E-state index is 12.6. The third-order valence-electron chi connectivity index (χ3n) is 7.62. The van der Waals surface area contributed by atoms with Crippen molar-refractivity contribution in [2.45, 2.75) is 49.1 Å². The third-order valence-corrected chi connectivity index (χ3v) is 15.1. The zero-order valence-corrected chi connectivity index (χ0v) is 29.8. The van der Waals surface area contributed by atoms with Crippen LogP contribution in [-0.2, 0) is 45.4 Å². The van der Waals surface area contributed by atoms with Crippen molar-refractivity contribution in [1.82, 2.24) is 39.0 Å². The Labute approximate surface area is 294 Å². The Kier molecular flexibility index (Phi) is 11.0. The van der Waals surface area contributed by atoms with E-state index in [0.29, 0.717) is 0 Å². The molecule has 0 aliphatic carbocycles. The van der Waals surface area contributed by atoms with Gasteiger partial charge < -0.3 is 60.9 Å². The molecule has 0 amide bonds. The van der Waals surface area contributed by atoms with Gasteiger partial charge in [0.1, 0.15) is 60.3 Å². The van der Waals surface area contributed by atoms with Crippen molar-refractivity contribution in [3.05, 3.63) is 25.3 Å². The highest BCUT2D eigenvalue weighted by molar-refractivity contribution is 7.76. The highest BCUT2D eigenvalue weighted by Crippen LogP contribution is 2.70. The molecule has 0 spiro atoms. The number of nitrogens with zero attached hydrogens (tertiary/aromatic N) is 8. The Balaban J connectivity index is 1.01. The number of hydrogen-bond donors (Lipinski definition) is 10. The average molecular weight is 834 g/mol. The van der Waals surface area contributed by atoms with Crippen LogP contribution in [0.2, 0.25) is 0 Å². The van der Waals surface area contributed by atoms with Crippen LogP contribution in [0.15, 0.2) is 25.3 Å². The van der Waals surface area contributed by atoms with Gasteiger partial charge in [0.2, 0.25) is 0 Å². The van der Waals surface area contributed by atoms with Crippen LogP contribution in [0.5, 0.6) is 0 Å². The van der Waals surface area contributed by atoms with E-state index in [1.807, 2.05) is 0 Å². The molecular formula is C21H30N10O18P4. The Morgan fingerprint density at radius 3 is 1.38 bits per heavy atom. The van der Waals surface area contributed by atoms with E-state index in [-0.39, 0.29) is 34.0 Å². The molecule has 6 rings (SSSR count). The minimum Gasteiger partial charge on any atom is -0.387 e. The first-order valence-corrected chi connectivity index (χ1v) is 21.1. The van der Waals surface area contributed by atoms with E-state index in [0.717, 1.165) is 25.3 Å². The molecule has 2 saturated heterocycles. The average Bonchev–Trinajstić information content (AvgIpc) is 3.80. The van der Waals surface area contributed by atoms with Crippen LogP contribution in [-0.4, -0.2) is 135 Å². The van der Waals surface area contributed by atoms with E-state index < -0.39 is 99.0 Å². The SMILES string of the molecule is Nc1ncnc2c1ncn2[C@@H]1O[C@H](COP(=O)(O)OP(=O)(O)CP(=O)(O)OP(=O)(O)OC[C@H]2O[C@@H](n3cnc4c(N)ncnc43)[C@H](O)[C@@H]2O)[C@@H](O)[C@H]1O. The van der Waals surface area contributed by atoms with E-state index in [1.54, 1.807) is 0 Å². The summed E-state index contributed by atoms with van der Waals surface area (Å²) in [4.78, 5) is 63.7. The molecule has 0 aromatic carbocycles. The molecule has 28 nitrogen and oxygen atoms in total. The number of anilines is 2. The normalized spacial score (nSPS) is 30.9. The van der Waals surface area contributed by atoms with E-state index in [1.165, 1.54) is 9.13 Å². The fourth-order valence-corrected chi connectivity index (χ4v) is 12.1. The van der Waals surface area contributed by atoms with Crippen molar-refractivity contribution in [3.63, 3.8) is 0 Å². The molecule has 4 aromatic rings. The summed E-state index contributed by atoms with van der Waals surface area (Å²) in [5.41, 5.74) is 11.9. The van der Waals surface area contributed by atoms with Gasteiger partial charge in [0.05, 0.1) is 25.9 Å². The van der Waals surface area contributed by atoms with Crippen LogP contribution in [0.4, 0.5) is 11.6 Å². The molecule has 2 aliphatic heterocycles. The summed E-state index contributed by atoms with van der Waals surface area (Å²) in [5, 5.41) is 41.9. The molecule has 12 atom stereocenters. The minimum absolute atomic E-state index is 0.00238. The number of rotatable bonds is 14. The summed E-state index contributed by atoms with van der Waals surface area (Å²) in [6.45, 7) is -2.11. The van der Waals surface area contributed by atoms with Crippen LogP contribution < -0.4 is 11.5 Å². The summed E-state index contributed by atoms with van der Waals surface area (Å²) >= 11 is 0. The highest BCUT2D eigenvalue weighted by Gasteiger charge is 2.49. The quantitative estimate of drug-likeness (QED) is 0.0595. The third kappa shape index (κ3) is 8.50. The standard InChI is InChI=1S/C21H30N10O18P4/c22-16-10-18(26-3-24-16)30(5-28-10)20-14(34)12(32)8(46-20)1-44-52(40,41)48-50(36,37)7-51(38,39)49-53(42,43)45-2-9-13(33)15(35)21(47-9)31-6-29-11-17(23)25-4-27-19(11)31/h3-6,8-9,12-15,20-21,32-35H,1-2,7H2,(H,36,37)(H,38,39)(H,40,41)(H,42,43)(H2,22,24,26)(H2,23,25,27)/t8-,9-,12-,13-,14-,15-,20-,21-/m1/s1. The summed E-state index contributed by atoms with van der Waals surface area (Å²) in [6, 6.07) is 0. The van der Waals surface area contributed by atoms with Crippen molar-refractivity contribution in [3.8, 4) is 0 Å². The van der Waals surface area contributed by atoms with Crippen molar-refractivity contribution >= 4 is 64.8 Å². The second kappa shape index (κ2) is 14.6. The number of nitrogen functional groups attached to an aromatic ring is 2. The van der Waals surface area contributed by atoms with Crippen LogP contribution in [0.3, 0.4) is 0 Å². The maximum Gasteiger partial charge on any atom is 0.479 e. The lowest BCUT2D eigenvalue weighted by molar-refractivity contribution is -0.0502. The van der Waals surface area contributed by atoms with Crippen LogP contribution in [0.25, 0.3) is 22.3 Å². The first-order chi connectivity index (χ1) is 24.7. The van der Waals surface area contributed by atoms with Gasteiger partial charge in [-0.05, 0) is 0 Å². The van der Waals surface area contributed by atoms with Crippen molar-refractivity contribution < 1.29 is 85.4 Å². The predicted octanol–water partition coefficient (Wildman–Crippen LogP) is -2.34. The first kappa shape index (κ1) is 39.7. The molecule has 2 aliphatic rings. The van der Waals surface area contributed by atoms with Gasteiger partial charge in [0, 0.05) is 0 Å². The molecule has 2 fully saturated rings. The molecule has 292 valence electrons. The number of imidazole rings is 2. The number of ether oxygens (including phenoxy) is 2. The molecular weight excluding hydrogens is 804 g/mol. The minimum atomic E-state index is -5.69. The number of nitrogens with two attached hydrogens (primary N) is 2. The van der Waals surface area contributed by atoms with Gasteiger partial charge in [-0.25, -0.2) is 47.7 Å². The van der Waals surface area contributed by atoms with E-state index in [4.69, 9.17) is 20.9 Å². The number of phosphoric acid groups is 2.